The number of hydrogen-bond acceptors (Lipinski definition) is 3. The monoisotopic (exact) mass is 363 g/mol. The summed E-state index contributed by atoms with van der Waals surface area (Å²) >= 11 is 0. The summed E-state index contributed by atoms with van der Waals surface area (Å²) in [6.07, 6.45) is -2.78. The van der Waals surface area contributed by atoms with Crippen molar-refractivity contribution in [3.05, 3.63) is 62.6 Å². The smallest absolute Gasteiger partial charge is 0.283 e. The average Bonchev–Trinajstić information content (AvgIpc) is 3.06. The molecule has 0 atom stereocenters. The second-order valence-electron chi connectivity index (χ2n) is 5.92. The number of hydrogen-bond donors (Lipinski definition) is 1. The summed E-state index contributed by atoms with van der Waals surface area (Å²) in [6.45, 7) is 1.74. The predicted octanol–water partition coefficient (Wildman–Crippen LogP) is 1.99. The Morgan fingerprint density at radius 2 is 1.77 bits per heavy atom. The molecule has 10 heteroatoms. The van der Waals surface area contributed by atoms with E-state index in [1.54, 1.807) is 17.7 Å². The van der Waals surface area contributed by atoms with Crippen LogP contribution < -0.4 is 11.2 Å². The number of H-pyrrole nitrogens is 1. The number of aromatic amines is 1. The first-order valence-electron chi connectivity index (χ1n) is 7.55. The number of benzene rings is 1. The van der Waals surface area contributed by atoms with Crippen LogP contribution in [-0.4, -0.2) is 23.5 Å². The van der Waals surface area contributed by atoms with E-state index in [1.807, 2.05) is 0 Å². The number of fused-ring (bicyclic) bond motifs is 3. The number of aryl methyl sites for hydroxylation is 2. The Labute approximate surface area is 142 Å². The molecule has 3 aromatic heterocycles. The van der Waals surface area contributed by atoms with E-state index in [1.165, 1.54) is 28.1 Å². The van der Waals surface area contributed by atoms with E-state index < -0.39 is 23.0 Å². The fourth-order valence-electron chi connectivity index (χ4n) is 2.99. The topological polar surface area (TPSA) is 77.1 Å². The predicted molar refractivity (Wildman–Crippen MR) is 87.6 cm³/mol. The lowest BCUT2D eigenvalue weighted by Crippen LogP contribution is -2.28. The second-order valence-corrected chi connectivity index (χ2v) is 5.92. The Hall–Kier alpha value is -3.30. The first-order valence-corrected chi connectivity index (χ1v) is 7.55. The van der Waals surface area contributed by atoms with E-state index in [0.717, 1.165) is 12.1 Å². The number of imidazole rings is 2. The molecule has 0 spiro atoms. The van der Waals surface area contributed by atoms with Crippen molar-refractivity contribution >= 4 is 16.9 Å². The van der Waals surface area contributed by atoms with Crippen molar-refractivity contribution < 1.29 is 13.2 Å². The van der Waals surface area contributed by atoms with E-state index in [-0.39, 0.29) is 11.2 Å². The first kappa shape index (κ1) is 16.2. The molecule has 0 radical (unpaired) electrons. The summed E-state index contributed by atoms with van der Waals surface area (Å²) < 4.78 is 42.6. The van der Waals surface area contributed by atoms with Gasteiger partial charge in [-0.3, -0.25) is 23.3 Å². The van der Waals surface area contributed by atoms with E-state index in [9.17, 15) is 22.8 Å². The SMILES string of the molecule is Cc1cn2c3c(=O)[nH]c(=O)n(C)c3nc2n1-c1ccc(C(F)(F)F)cc1. The van der Waals surface area contributed by atoms with Gasteiger partial charge in [0.25, 0.3) is 5.56 Å². The molecule has 26 heavy (non-hydrogen) atoms. The Bertz CT molecular complexity index is 1270. The molecule has 4 aromatic rings. The second kappa shape index (κ2) is 5.10. The highest BCUT2D eigenvalue weighted by Gasteiger charge is 2.30. The van der Waals surface area contributed by atoms with E-state index >= 15 is 0 Å². The molecule has 0 aliphatic heterocycles. The van der Waals surface area contributed by atoms with Gasteiger partial charge in [0.05, 0.1) is 5.56 Å². The summed E-state index contributed by atoms with van der Waals surface area (Å²) in [5.41, 5.74) is -0.425. The van der Waals surface area contributed by atoms with Gasteiger partial charge < -0.3 is 0 Å². The van der Waals surface area contributed by atoms with Crippen LogP contribution in [0.2, 0.25) is 0 Å². The molecular formula is C16H12F3N5O2. The highest BCUT2D eigenvalue weighted by molar-refractivity contribution is 5.76. The van der Waals surface area contributed by atoms with Crippen LogP contribution in [0, 0.1) is 6.92 Å². The van der Waals surface area contributed by atoms with Gasteiger partial charge in [-0.2, -0.15) is 18.2 Å². The van der Waals surface area contributed by atoms with Crippen molar-refractivity contribution in [1.29, 1.82) is 0 Å². The molecule has 3 heterocycles. The van der Waals surface area contributed by atoms with Crippen molar-refractivity contribution in [3.63, 3.8) is 0 Å². The molecule has 0 amide bonds. The molecule has 0 fully saturated rings. The summed E-state index contributed by atoms with van der Waals surface area (Å²) in [5, 5.41) is 0. The van der Waals surface area contributed by atoms with Gasteiger partial charge in [-0.05, 0) is 31.2 Å². The fourth-order valence-corrected chi connectivity index (χ4v) is 2.99. The molecule has 0 aliphatic rings. The minimum Gasteiger partial charge on any atom is -0.283 e. The van der Waals surface area contributed by atoms with Gasteiger partial charge in [-0.1, -0.05) is 0 Å². The van der Waals surface area contributed by atoms with Crippen LogP contribution in [0.5, 0.6) is 0 Å². The average molecular weight is 363 g/mol. The first-order chi connectivity index (χ1) is 12.2. The molecule has 4 rings (SSSR count). The third kappa shape index (κ3) is 2.18. The van der Waals surface area contributed by atoms with Crippen molar-refractivity contribution in [2.75, 3.05) is 0 Å². The van der Waals surface area contributed by atoms with Crippen molar-refractivity contribution in [3.8, 4) is 5.69 Å². The summed E-state index contributed by atoms with van der Waals surface area (Å²) in [7, 11) is 1.47. The largest absolute Gasteiger partial charge is 0.416 e. The standard InChI is InChI=1S/C16H12F3N5O2/c1-8-7-23-11-12(22(2)15(26)21-13(11)25)20-14(23)24(8)10-5-3-9(4-6-10)16(17,18)19/h3-7H,1-2H3,(H,21,25,26). The highest BCUT2D eigenvalue weighted by atomic mass is 19.4. The number of aromatic nitrogens is 5. The van der Waals surface area contributed by atoms with Gasteiger partial charge in [0.15, 0.2) is 11.2 Å². The van der Waals surface area contributed by atoms with Gasteiger partial charge >= 0.3 is 11.9 Å². The number of rotatable bonds is 1. The molecule has 1 N–H and O–H groups in total. The molecule has 0 saturated heterocycles. The minimum atomic E-state index is -4.42. The van der Waals surface area contributed by atoms with Gasteiger partial charge in [-0.15, -0.1) is 0 Å². The van der Waals surface area contributed by atoms with Crippen molar-refractivity contribution in [1.82, 2.24) is 23.5 Å². The Balaban J connectivity index is 2.02. The van der Waals surface area contributed by atoms with Crippen LogP contribution in [-0.2, 0) is 13.2 Å². The molecule has 1 aromatic carbocycles. The fraction of sp³-hybridized carbons (Fsp3) is 0.188. The van der Waals surface area contributed by atoms with Crippen molar-refractivity contribution in [2.45, 2.75) is 13.1 Å². The molecule has 0 bridgehead atoms. The third-order valence-electron chi connectivity index (χ3n) is 4.25. The molecule has 0 unspecified atom stereocenters. The van der Waals surface area contributed by atoms with Crippen LogP contribution in [0.3, 0.4) is 0 Å². The molecule has 7 nitrogen and oxygen atoms in total. The lowest BCUT2D eigenvalue weighted by Gasteiger charge is -2.09. The van der Waals surface area contributed by atoms with Gasteiger partial charge in [0.2, 0.25) is 5.78 Å². The maximum Gasteiger partial charge on any atom is 0.416 e. The van der Waals surface area contributed by atoms with E-state index in [4.69, 9.17) is 0 Å². The van der Waals surface area contributed by atoms with Crippen LogP contribution in [0.25, 0.3) is 22.6 Å². The van der Waals surface area contributed by atoms with Crippen molar-refractivity contribution in [2.24, 2.45) is 7.05 Å². The molecule has 0 saturated carbocycles. The zero-order valence-electron chi connectivity index (χ0n) is 13.6. The Morgan fingerprint density at radius 3 is 2.38 bits per heavy atom. The number of nitrogens with zero attached hydrogens (tertiary/aromatic N) is 4. The maximum absolute atomic E-state index is 12.8. The van der Waals surface area contributed by atoms with Crippen LogP contribution in [0.1, 0.15) is 11.3 Å². The van der Waals surface area contributed by atoms with Gasteiger partial charge in [0.1, 0.15) is 0 Å². The Morgan fingerprint density at radius 1 is 1.12 bits per heavy atom. The normalized spacial score (nSPS) is 12.3. The Kier molecular flexibility index (Phi) is 3.17. The van der Waals surface area contributed by atoms with Gasteiger partial charge in [0, 0.05) is 24.6 Å². The molecule has 134 valence electrons. The zero-order valence-corrected chi connectivity index (χ0v) is 13.6. The maximum atomic E-state index is 12.8. The number of nitrogens with one attached hydrogen (secondary N) is 1. The van der Waals surface area contributed by atoms with Gasteiger partial charge in [-0.25, -0.2) is 4.79 Å². The molecular weight excluding hydrogens is 351 g/mol. The van der Waals surface area contributed by atoms with E-state index in [0.29, 0.717) is 17.2 Å². The lowest BCUT2D eigenvalue weighted by atomic mass is 10.2. The lowest BCUT2D eigenvalue weighted by molar-refractivity contribution is -0.137. The summed E-state index contributed by atoms with van der Waals surface area (Å²) in [4.78, 5) is 30.5. The van der Waals surface area contributed by atoms with Crippen LogP contribution >= 0.6 is 0 Å². The van der Waals surface area contributed by atoms with Crippen LogP contribution in [0.4, 0.5) is 13.2 Å². The number of halogens is 3. The minimum absolute atomic E-state index is 0.189. The zero-order chi connectivity index (χ0) is 18.8. The summed E-state index contributed by atoms with van der Waals surface area (Å²) in [6, 6.07) is 4.63. The highest BCUT2D eigenvalue weighted by Crippen LogP contribution is 2.30. The van der Waals surface area contributed by atoms with E-state index in [2.05, 4.69) is 9.97 Å². The van der Waals surface area contributed by atoms with Crippen LogP contribution in [0.15, 0.2) is 40.1 Å². The quantitative estimate of drug-likeness (QED) is 0.562. The number of alkyl halides is 3. The summed E-state index contributed by atoms with van der Waals surface area (Å²) in [5.74, 6) is 0.323. The third-order valence-corrected chi connectivity index (χ3v) is 4.25. The molecule has 0 aliphatic carbocycles.